The van der Waals surface area contributed by atoms with E-state index in [1.807, 2.05) is 43.3 Å². The number of allylic oxidation sites excluding steroid dienone is 1. The van der Waals surface area contributed by atoms with E-state index < -0.39 is 33.4 Å². The molecular weight excluding hydrogens is 500 g/mol. The van der Waals surface area contributed by atoms with Crippen molar-refractivity contribution < 1.29 is 24.2 Å². The minimum Gasteiger partial charge on any atom is -0.465 e. The van der Waals surface area contributed by atoms with Gasteiger partial charge in [0.05, 0.1) is 35.8 Å². The number of hydrogen-bond acceptors (Lipinski definition) is 6. The third-order valence-electron chi connectivity index (χ3n) is 8.37. The second-order valence-corrected chi connectivity index (χ2v) is 12.8. The van der Waals surface area contributed by atoms with E-state index in [1.54, 1.807) is 34.6 Å². The quantitative estimate of drug-likeness (QED) is 0.232. The second kappa shape index (κ2) is 11.7. The largest absolute Gasteiger partial charge is 0.465 e. The molecule has 4 rings (SSSR count). The van der Waals surface area contributed by atoms with Gasteiger partial charge in [-0.1, -0.05) is 42.5 Å². The fraction of sp³-hybridized carbons (Fsp3) is 0.567. The summed E-state index contributed by atoms with van der Waals surface area (Å²) in [6, 6.07) is 8.41. The fourth-order valence-electron chi connectivity index (χ4n) is 6.58. The van der Waals surface area contributed by atoms with Crippen molar-refractivity contribution in [2.75, 3.05) is 19.8 Å². The summed E-state index contributed by atoms with van der Waals surface area (Å²) in [5.74, 6) is -2.03. The third-order valence-corrected chi connectivity index (χ3v) is 10.4. The zero-order chi connectivity index (χ0) is 27.5. The van der Waals surface area contributed by atoms with E-state index in [2.05, 4.69) is 13.2 Å². The van der Waals surface area contributed by atoms with Gasteiger partial charge in [-0.25, -0.2) is 0 Å². The summed E-state index contributed by atoms with van der Waals surface area (Å²) >= 11 is 1.62. The van der Waals surface area contributed by atoms with Crippen LogP contribution in [-0.2, 0) is 25.7 Å². The molecule has 0 aromatic heterocycles. The Kier molecular flexibility index (Phi) is 8.72. The Bertz CT molecular complexity index is 1060. The van der Waals surface area contributed by atoms with Gasteiger partial charge in [-0.15, -0.1) is 24.9 Å². The lowest BCUT2D eigenvalue weighted by atomic mass is 9.66. The molecule has 1 aromatic carbocycles. The van der Waals surface area contributed by atoms with Gasteiger partial charge in [-0.3, -0.25) is 14.4 Å². The van der Waals surface area contributed by atoms with E-state index >= 15 is 0 Å². The molecule has 0 radical (unpaired) electrons. The van der Waals surface area contributed by atoms with Gasteiger partial charge in [0.1, 0.15) is 6.04 Å². The summed E-state index contributed by atoms with van der Waals surface area (Å²) in [6.45, 7) is 12.1. The number of aliphatic hydroxyl groups is 1. The first-order valence-electron chi connectivity index (χ1n) is 13.6. The van der Waals surface area contributed by atoms with Crippen LogP contribution in [0, 0.1) is 11.8 Å². The van der Waals surface area contributed by atoms with Gasteiger partial charge in [0.15, 0.2) is 0 Å². The highest BCUT2D eigenvalue weighted by Crippen LogP contribution is 2.71. The molecule has 2 amide bonds. The average Bonchev–Trinajstić information content (AvgIpc) is 3.48. The van der Waals surface area contributed by atoms with Crippen LogP contribution in [0.3, 0.4) is 0 Å². The molecule has 1 N–H and O–H groups in total. The van der Waals surface area contributed by atoms with Crippen LogP contribution < -0.4 is 0 Å². The number of aliphatic hydroxyl groups excluding tert-OH is 1. The number of hydrogen-bond donors (Lipinski definition) is 1. The van der Waals surface area contributed by atoms with Crippen molar-refractivity contribution in [3.8, 4) is 0 Å². The van der Waals surface area contributed by atoms with Crippen molar-refractivity contribution in [2.24, 2.45) is 11.8 Å². The third kappa shape index (κ3) is 4.93. The lowest BCUT2D eigenvalue weighted by Crippen LogP contribution is -2.56. The molecule has 7 nitrogen and oxygen atoms in total. The fourth-order valence-corrected chi connectivity index (χ4v) is 8.91. The topological polar surface area (TPSA) is 87.1 Å². The van der Waals surface area contributed by atoms with Gasteiger partial charge in [-0.2, -0.15) is 0 Å². The molecule has 8 heteroatoms. The van der Waals surface area contributed by atoms with Crippen LogP contribution in [0.5, 0.6) is 0 Å². The van der Waals surface area contributed by atoms with Crippen molar-refractivity contribution >= 4 is 29.5 Å². The number of likely N-dealkylation sites (tertiary alicyclic amines) is 1. The van der Waals surface area contributed by atoms with Crippen molar-refractivity contribution in [1.29, 1.82) is 0 Å². The lowest BCUT2D eigenvalue weighted by Gasteiger charge is -2.38. The standard InChI is InChI=1S/C30H40N2O5S/c1-5-7-8-12-18-37-28(36)24-23-26(34)32(21(3)20-33)25(30(23)16-15-29(24,4)38-30)27(35)31(17-6-2)19-22-13-10-9-11-14-22/h5-6,9-11,13-14,21,23-25,33H,1-2,7-8,12,15-20H2,3-4H3/t21-,23+,24+,25?,29-,30?/m1/s1. The molecule has 3 heterocycles. The van der Waals surface area contributed by atoms with Gasteiger partial charge in [-0.05, 0) is 51.5 Å². The van der Waals surface area contributed by atoms with Gasteiger partial charge >= 0.3 is 5.97 Å². The Balaban J connectivity index is 1.66. The number of benzene rings is 1. The van der Waals surface area contributed by atoms with E-state index in [1.165, 1.54) is 0 Å². The predicted octanol–water partition coefficient (Wildman–Crippen LogP) is 3.96. The van der Waals surface area contributed by atoms with Crippen molar-refractivity contribution in [2.45, 2.75) is 74.1 Å². The van der Waals surface area contributed by atoms with Crippen LogP contribution in [0.15, 0.2) is 55.6 Å². The molecule has 1 spiro atoms. The maximum Gasteiger partial charge on any atom is 0.311 e. The molecule has 3 fully saturated rings. The summed E-state index contributed by atoms with van der Waals surface area (Å²) in [6.07, 6.45) is 7.41. The van der Waals surface area contributed by atoms with Crippen LogP contribution in [-0.4, -0.2) is 74.0 Å². The smallest absolute Gasteiger partial charge is 0.311 e. The molecule has 2 bridgehead atoms. The number of fused-ring (bicyclic) bond motifs is 1. The number of amides is 2. The Morgan fingerprint density at radius 2 is 1.97 bits per heavy atom. The van der Waals surface area contributed by atoms with Crippen LogP contribution in [0.2, 0.25) is 0 Å². The molecule has 3 aliphatic heterocycles. The number of nitrogens with zero attached hydrogens (tertiary/aromatic N) is 2. The van der Waals surface area contributed by atoms with E-state index in [-0.39, 0.29) is 24.4 Å². The Hall–Kier alpha value is -2.58. The summed E-state index contributed by atoms with van der Waals surface area (Å²) in [5.41, 5.74) is 0.982. The lowest BCUT2D eigenvalue weighted by molar-refractivity contribution is -0.156. The van der Waals surface area contributed by atoms with Gasteiger partial charge in [0, 0.05) is 17.8 Å². The monoisotopic (exact) mass is 540 g/mol. The van der Waals surface area contributed by atoms with Crippen molar-refractivity contribution in [3.63, 3.8) is 0 Å². The van der Waals surface area contributed by atoms with Crippen LogP contribution in [0.4, 0.5) is 0 Å². The minimum absolute atomic E-state index is 0.167. The number of esters is 1. The number of carbonyl (C=O) groups is 3. The van der Waals surface area contributed by atoms with Crippen molar-refractivity contribution in [1.82, 2.24) is 9.80 Å². The normalized spacial score (nSPS) is 30.1. The van der Waals surface area contributed by atoms with E-state index in [0.29, 0.717) is 26.1 Å². The molecule has 3 saturated heterocycles. The van der Waals surface area contributed by atoms with Crippen LogP contribution in [0.1, 0.15) is 51.5 Å². The van der Waals surface area contributed by atoms with E-state index in [9.17, 15) is 19.5 Å². The Labute approximate surface area is 230 Å². The summed E-state index contributed by atoms with van der Waals surface area (Å²) in [7, 11) is 0. The SMILES string of the molecule is C=CCCCCOC(=O)[C@@H]1[C@H]2C(=O)N([C@H](C)CO)C(C(=O)N(CC=C)Cc3ccccc3)C23CC[C@@]1(C)S3. The molecule has 1 aromatic rings. The first-order valence-corrected chi connectivity index (χ1v) is 14.4. The summed E-state index contributed by atoms with van der Waals surface area (Å²) in [5, 5.41) is 10.1. The number of unbranched alkanes of at least 4 members (excludes halogenated alkanes) is 2. The molecule has 38 heavy (non-hydrogen) atoms. The highest BCUT2D eigenvalue weighted by Gasteiger charge is 2.78. The highest BCUT2D eigenvalue weighted by molar-refractivity contribution is 8.02. The Morgan fingerprint density at radius 3 is 2.63 bits per heavy atom. The van der Waals surface area contributed by atoms with E-state index in [4.69, 9.17) is 4.74 Å². The van der Waals surface area contributed by atoms with Gasteiger partial charge in [0.25, 0.3) is 0 Å². The maximum atomic E-state index is 14.4. The average molecular weight is 541 g/mol. The van der Waals surface area contributed by atoms with Crippen LogP contribution in [0.25, 0.3) is 0 Å². The first-order chi connectivity index (χ1) is 18.2. The molecule has 0 aliphatic carbocycles. The van der Waals surface area contributed by atoms with Gasteiger partial charge < -0.3 is 19.6 Å². The molecule has 6 atom stereocenters. The number of carbonyl (C=O) groups excluding carboxylic acids is 3. The number of rotatable bonds is 13. The van der Waals surface area contributed by atoms with E-state index in [0.717, 1.165) is 31.2 Å². The van der Waals surface area contributed by atoms with Crippen LogP contribution >= 0.6 is 11.8 Å². The maximum absolute atomic E-state index is 14.4. The van der Waals surface area contributed by atoms with Gasteiger partial charge in [0.2, 0.25) is 11.8 Å². The number of thioether (sulfide) groups is 1. The predicted molar refractivity (Wildman–Crippen MR) is 149 cm³/mol. The summed E-state index contributed by atoms with van der Waals surface area (Å²) in [4.78, 5) is 45.2. The molecule has 206 valence electrons. The summed E-state index contributed by atoms with van der Waals surface area (Å²) < 4.78 is 4.49. The molecule has 0 saturated carbocycles. The molecule has 3 aliphatic rings. The Morgan fingerprint density at radius 1 is 1.24 bits per heavy atom. The number of ether oxygens (including phenoxy) is 1. The minimum atomic E-state index is -0.775. The van der Waals surface area contributed by atoms with Crippen molar-refractivity contribution in [3.05, 3.63) is 61.2 Å². The second-order valence-electron chi connectivity index (χ2n) is 10.9. The highest BCUT2D eigenvalue weighted by atomic mass is 32.2. The first kappa shape index (κ1) is 28.4. The zero-order valence-corrected chi connectivity index (χ0v) is 23.3. The zero-order valence-electron chi connectivity index (χ0n) is 22.5. The molecule has 2 unspecified atom stereocenters. The molecular formula is C30H40N2O5S.